The van der Waals surface area contributed by atoms with Gasteiger partial charge in [0.15, 0.2) is 0 Å². The Morgan fingerprint density at radius 1 is 1.09 bits per heavy atom. The summed E-state index contributed by atoms with van der Waals surface area (Å²) < 4.78 is 15.6. The lowest BCUT2D eigenvalue weighted by Crippen LogP contribution is -2.32. The molecule has 35 heavy (non-hydrogen) atoms. The number of aryl methyl sites for hydroxylation is 1. The Hall–Kier alpha value is -3.95. The lowest BCUT2D eigenvalue weighted by Gasteiger charge is -2.32. The molecule has 1 N–H and O–H groups in total. The fourth-order valence-electron chi connectivity index (χ4n) is 5.51. The van der Waals surface area contributed by atoms with E-state index in [9.17, 15) is 9.65 Å². The quantitative estimate of drug-likeness (QED) is 0.345. The summed E-state index contributed by atoms with van der Waals surface area (Å²) in [4.78, 5) is 10.1. The summed E-state index contributed by atoms with van der Waals surface area (Å²) in [6.45, 7) is 5.14. The predicted octanol–water partition coefficient (Wildman–Crippen LogP) is 6.21. The van der Waals surface area contributed by atoms with Crippen LogP contribution in [0.1, 0.15) is 41.1 Å². The molecule has 3 aromatic heterocycles. The first-order chi connectivity index (χ1) is 17.1. The number of hydrogen-bond donors (Lipinski definition) is 1. The first-order valence-electron chi connectivity index (χ1n) is 12.1. The molecule has 1 fully saturated rings. The largest absolute Gasteiger partial charge is 0.346 e. The van der Waals surface area contributed by atoms with Gasteiger partial charge in [0.25, 0.3) is 0 Å². The van der Waals surface area contributed by atoms with Crippen molar-refractivity contribution in [1.82, 2.24) is 19.4 Å². The van der Waals surface area contributed by atoms with Crippen molar-refractivity contribution in [1.29, 1.82) is 5.26 Å². The minimum absolute atomic E-state index is 0.229. The SMILES string of the molecule is Cc1c(CN2CCC(c3cn(-c4ccc(F)cc4)c4cnccc34)CC2)ccc2[nH]c(C#N)cc12. The van der Waals surface area contributed by atoms with Crippen LogP contribution in [0.4, 0.5) is 4.39 Å². The second-order valence-corrected chi connectivity index (χ2v) is 9.48. The van der Waals surface area contributed by atoms with Crippen LogP contribution in [0.2, 0.25) is 0 Å². The second-order valence-electron chi connectivity index (χ2n) is 9.48. The van der Waals surface area contributed by atoms with E-state index in [-0.39, 0.29) is 5.82 Å². The first kappa shape index (κ1) is 21.6. The van der Waals surface area contributed by atoms with Gasteiger partial charge in [0, 0.05) is 40.9 Å². The third-order valence-electron chi connectivity index (χ3n) is 7.47. The molecule has 5 nitrogen and oxygen atoms in total. The van der Waals surface area contributed by atoms with Crippen LogP contribution in [0.5, 0.6) is 0 Å². The number of rotatable bonds is 4. The Morgan fingerprint density at radius 2 is 1.89 bits per heavy atom. The normalized spacial score (nSPS) is 15.1. The zero-order valence-corrected chi connectivity index (χ0v) is 19.6. The highest BCUT2D eigenvalue weighted by Crippen LogP contribution is 2.36. The molecule has 6 heteroatoms. The van der Waals surface area contributed by atoms with Crippen LogP contribution in [-0.2, 0) is 6.54 Å². The number of nitrogens with zero attached hydrogens (tertiary/aromatic N) is 4. The van der Waals surface area contributed by atoms with Gasteiger partial charge in [-0.15, -0.1) is 0 Å². The maximum absolute atomic E-state index is 13.5. The van der Waals surface area contributed by atoms with Gasteiger partial charge in [0.2, 0.25) is 0 Å². The van der Waals surface area contributed by atoms with Crippen molar-refractivity contribution >= 4 is 21.8 Å². The van der Waals surface area contributed by atoms with Crippen molar-refractivity contribution in [2.75, 3.05) is 13.1 Å². The molecule has 0 unspecified atom stereocenters. The van der Waals surface area contributed by atoms with Gasteiger partial charge in [-0.25, -0.2) is 4.39 Å². The van der Waals surface area contributed by atoms with Crippen LogP contribution in [0.15, 0.2) is 67.1 Å². The minimum atomic E-state index is -0.229. The molecule has 1 aliphatic heterocycles. The third kappa shape index (κ3) is 3.88. The van der Waals surface area contributed by atoms with Crippen LogP contribution in [0.3, 0.4) is 0 Å². The summed E-state index contributed by atoms with van der Waals surface area (Å²) in [5.41, 5.74) is 7.55. The van der Waals surface area contributed by atoms with E-state index >= 15 is 0 Å². The smallest absolute Gasteiger partial charge is 0.123 e. The topological polar surface area (TPSA) is 60.6 Å². The van der Waals surface area contributed by atoms with Crippen LogP contribution < -0.4 is 0 Å². The van der Waals surface area contributed by atoms with E-state index in [1.54, 1.807) is 0 Å². The van der Waals surface area contributed by atoms with Gasteiger partial charge in [0.05, 0.1) is 11.7 Å². The van der Waals surface area contributed by atoms with Crippen molar-refractivity contribution in [3.63, 3.8) is 0 Å². The number of H-pyrrole nitrogens is 1. The molecule has 4 heterocycles. The number of aromatic amines is 1. The monoisotopic (exact) mass is 463 g/mol. The Kier molecular flexibility index (Phi) is 5.35. The first-order valence-corrected chi connectivity index (χ1v) is 12.1. The zero-order valence-electron chi connectivity index (χ0n) is 19.6. The molecule has 2 aromatic carbocycles. The molecule has 0 spiro atoms. The van der Waals surface area contributed by atoms with Gasteiger partial charge in [-0.1, -0.05) is 6.07 Å². The van der Waals surface area contributed by atoms with Crippen molar-refractivity contribution in [3.8, 4) is 11.8 Å². The van der Waals surface area contributed by atoms with Crippen LogP contribution in [-0.4, -0.2) is 32.5 Å². The summed E-state index contributed by atoms with van der Waals surface area (Å²) in [7, 11) is 0. The number of aromatic nitrogens is 3. The fourth-order valence-corrected chi connectivity index (χ4v) is 5.51. The van der Waals surface area contributed by atoms with Crippen molar-refractivity contribution in [3.05, 3.63) is 95.3 Å². The average molecular weight is 464 g/mol. The summed E-state index contributed by atoms with van der Waals surface area (Å²) in [6.07, 6.45) is 8.16. The molecule has 0 atom stereocenters. The van der Waals surface area contributed by atoms with Gasteiger partial charge in [-0.3, -0.25) is 9.88 Å². The van der Waals surface area contributed by atoms with E-state index < -0.39 is 0 Å². The highest BCUT2D eigenvalue weighted by atomic mass is 19.1. The standard InChI is InChI=1S/C29H26FN5/c1-19-21(2-7-28-26(19)14-23(15-31)33-28)17-34-12-9-20(10-13-34)27-18-35(24-5-3-22(30)4-6-24)29-16-32-11-8-25(27)29/h2-8,11,14,16,18,20,33H,9-10,12-13,17H2,1H3. The molecule has 0 aliphatic carbocycles. The second kappa shape index (κ2) is 8.68. The number of fused-ring (bicyclic) bond motifs is 2. The van der Waals surface area contributed by atoms with Crippen molar-refractivity contribution < 1.29 is 4.39 Å². The van der Waals surface area contributed by atoms with Crippen LogP contribution in [0, 0.1) is 24.1 Å². The molecule has 174 valence electrons. The van der Waals surface area contributed by atoms with Crippen LogP contribution in [0.25, 0.3) is 27.5 Å². The fraction of sp³-hybridized carbons (Fsp3) is 0.241. The Balaban J connectivity index is 1.22. The highest BCUT2D eigenvalue weighted by molar-refractivity contribution is 5.86. The van der Waals surface area contributed by atoms with Gasteiger partial charge in [-0.2, -0.15) is 5.26 Å². The van der Waals surface area contributed by atoms with E-state index in [1.165, 1.54) is 34.2 Å². The number of piperidine rings is 1. The van der Waals surface area contributed by atoms with E-state index in [1.807, 2.05) is 30.6 Å². The molecule has 0 bridgehead atoms. The maximum Gasteiger partial charge on any atom is 0.123 e. The summed E-state index contributed by atoms with van der Waals surface area (Å²) in [5, 5.41) is 11.6. The Bertz CT molecular complexity index is 1560. The van der Waals surface area contributed by atoms with E-state index in [2.05, 4.69) is 56.8 Å². The van der Waals surface area contributed by atoms with Crippen LogP contribution >= 0.6 is 0 Å². The average Bonchev–Trinajstić information content (AvgIpc) is 3.49. The molecular weight excluding hydrogens is 437 g/mol. The molecule has 0 radical (unpaired) electrons. The molecular formula is C29H26FN5. The number of pyridine rings is 1. The van der Waals surface area contributed by atoms with Gasteiger partial charge in [-0.05, 0) is 97.9 Å². The molecule has 0 amide bonds. The maximum atomic E-state index is 13.5. The lowest BCUT2D eigenvalue weighted by atomic mass is 9.89. The number of halogens is 1. The third-order valence-corrected chi connectivity index (χ3v) is 7.47. The molecule has 5 aromatic rings. The van der Waals surface area contributed by atoms with E-state index in [0.29, 0.717) is 11.6 Å². The number of nitrogens with one attached hydrogen (secondary N) is 1. The van der Waals surface area contributed by atoms with Gasteiger partial charge in [0.1, 0.15) is 17.6 Å². The predicted molar refractivity (Wildman–Crippen MR) is 136 cm³/mol. The van der Waals surface area contributed by atoms with Gasteiger partial charge >= 0.3 is 0 Å². The summed E-state index contributed by atoms with van der Waals surface area (Å²) >= 11 is 0. The number of likely N-dealkylation sites (tertiary alicyclic amines) is 1. The lowest BCUT2D eigenvalue weighted by molar-refractivity contribution is 0.205. The number of benzene rings is 2. The molecule has 1 saturated heterocycles. The molecule has 1 aliphatic rings. The van der Waals surface area contributed by atoms with Gasteiger partial charge < -0.3 is 9.55 Å². The Labute approximate surface area is 203 Å². The Morgan fingerprint density at radius 3 is 2.66 bits per heavy atom. The summed E-state index contributed by atoms with van der Waals surface area (Å²) in [5.74, 6) is 0.247. The molecule has 6 rings (SSSR count). The van der Waals surface area contributed by atoms with Crippen molar-refractivity contribution in [2.24, 2.45) is 0 Å². The van der Waals surface area contributed by atoms with E-state index in [0.717, 1.165) is 54.6 Å². The van der Waals surface area contributed by atoms with Crippen molar-refractivity contribution in [2.45, 2.75) is 32.2 Å². The minimum Gasteiger partial charge on any atom is -0.346 e. The highest BCUT2D eigenvalue weighted by Gasteiger charge is 2.24. The zero-order chi connectivity index (χ0) is 23.9. The number of hydrogen-bond acceptors (Lipinski definition) is 3. The molecule has 0 saturated carbocycles. The van der Waals surface area contributed by atoms with E-state index in [4.69, 9.17) is 0 Å². The summed E-state index contributed by atoms with van der Waals surface area (Å²) in [6, 6.07) is 17.2. The number of nitriles is 1.